The SMILES string of the molecule is CC(N[SiH]1CCO[SiH2][SiH2]1)c1ccccc1. The second kappa shape index (κ2) is 5.76. The van der Waals surface area contributed by atoms with Gasteiger partial charge in [0.1, 0.15) is 9.28 Å². The fraction of sp³-hybridized carbons (Fsp3) is 0.400. The second-order valence-electron chi connectivity index (χ2n) is 4.19. The summed E-state index contributed by atoms with van der Waals surface area (Å²) >= 11 is 0. The molecule has 1 aliphatic rings. The number of benzene rings is 1. The highest BCUT2D eigenvalue weighted by molar-refractivity contribution is 7.34. The van der Waals surface area contributed by atoms with E-state index in [1.807, 2.05) is 0 Å². The molecule has 1 aromatic carbocycles. The first kappa shape index (κ1) is 11.3. The van der Waals surface area contributed by atoms with Gasteiger partial charge in [0, 0.05) is 12.6 Å². The van der Waals surface area contributed by atoms with Crippen molar-refractivity contribution in [2.24, 2.45) is 0 Å². The molecule has 1 aromatic rings. The van der Waals surface area contributed by atoms with E-state index in [4.69, 9.17) is 4.43 Å². The van der Waals surface area contributed by atoms with Gasteiger partial charge in [-0.05, 0) is 18.5 Å². The molecule has 1 saturated heterocycles. The molecule has 0 aromatic heterocycles. The van der Waals surface area contributed by atoms with Crippen LogP contribution in [0.15, 0.2) is 30.3 Å². The van der Waals surface area contributed by atoms with Crippen molar-refractivity contribution < 1.29 is 4.43 Å². The third-order valence-corrected chi connectivity index (χ3v) is 20.4. The molecule has 15 heavy (non-hydrogen) atoms. The van der Waals surface area contributed by atoms with Crippen molar-refractivity contribution >= 4 is 26.3 Å². The van der Waals surface area contributed by atoms with Crippen molar-refractivity contribution in [2.45, 2.75) is 19.0 Å². The predicted molar refractivity (Wildman–Crippen MR) is 73.0 cm³/mol. The van der Waals surface area contributed by atoms with Gasteiger partial charge in [-0.1, -0.05) is 30.3 Å². The number of hydrogen-bond donors (Lipinski definition) is 1. The van der Waals surface area contributed by atoms with Crippen LogP contribution in [0, 0.1) is 0 Å². The maximum Gasteiger partial charge on any atom is 0.142 e. The summed E-state index contributed by atoms with van der Waals surface area (Å²) in [6, 6.07) is 12.7. The Labute approximate surface area is 97.5 Å². The summed E-state index contributed by atoms with van der Waals surface area (Å²) in [5.41, 5.74) is 1.44. The monoisotopic (exact) mass is 253 g/mol. The maximum absolute atomic E-state index is 5.58. The Hall–Kier alpha value is -0.209. The lowest BCUT2D eigenvalue weighted by atomic mass is 10.1. The van der Waals surface area contributed by atoms with Crippen LogP contribution in [-0.4, -0.2) is 32.9 Å². The molecule has 1 aliphatic heterocycles. The lowest BCUT2D eigenvalue weighted by Gasteiger charge is -2.25. The summed E-state index contributed by atoms with van der Waals surface area (Å²) in [4.78, 5) is 3.89. The van der Waals surface area contributed by atoms with Gasteiger partial charge < -0.3 is 9.41 Å². The molecule has 1 heterocycles. The second-order valence-corrected chi connectivity index (χ2v) is 19.0. The smallest absolute Gasteiger partial charge is 0.142 e. The summed E-state index contributed by atoms with van der Waals surface area (Å²) in [5.74, 6) is 0. The minimum atomic E-state index is -0.528. The Morgan fingerprint density at radius 1 is 1.40 bits per heavy atom. The van der Waals surface area contributed by atoms with E-state index in [0.717, 1.165) is 6.61 Å². The van der Waals surface area contributed by atoms with Crippen LogP contribution in [-0.2, 0) is 4.43 Å². The summed E-state index contributed by atoms with van der Waals surface area (Å²) < 4.78 is 5.58. The van der Waals surface area contributed by atoms with Gasteiger partial charge in [-0.15, -0.1) is 0 Å². The minimum absolute atomic E-state index is 0.0236. The van der Waals surface area contributed by atoms with E-state index in [2.05, 4.69) is 42.2 Å². The van der Waals surface area contributed by atoms with E-state index in [-0.39, 0.29) is 17.8 Å². The Morgan fingerprint density at radius 3 is 2.87 bits per heavy atom. The van der Waals surface area contributed by atoms with Crippen LogP contribution in [0.1, 0.15) is 18.5 Å². The molecule has 82 valence electrons. The van der Waals surface area contributed by atoms with Crippen LogP contribution >= 0.6 is 0 Å². The molecule has 0 amide bonds. The van der Waals surface area contributed by atoms with E-state index < -0.39 is 8.48 Å². The van der Waals surface area contributed by atoms with Crippen molar-refractivity contribution in [2.75, 3.05) is 6.61 Å². The van der Waals surface area contributed by atoms with Gasteiger partial charge in [-0.2, -0.15) is 0 Å². The first-order chi connectivity index (χ1) is 7.36. The molecule has 2 unspecified atom stereocenters. The topological polar surface area (TPSA) is 21.3 Å². The van der Waals surface area contributed by atoms with Gasteiger partial charge in [0.25, 0.3) is 0 Å². The van der Waals surface area contributed by atoms with Gasteiger partial charge in [-0.25, -0.2) is 0 Å². The summed E-state index contributed by atoms with van der Waals surface area (Å²) in [5, 5.41) is 0. The van der Waals surface area contributed by atoms with Crippen LogP contribution in [0.4, 0.5) is 0 Å². The zero-order valence-corrected chi connectivity index (χ0v) is 13.3. The molecule has 0 spiro atoms. The fourth-order valence-corrected chi connectivity index (χ4v) is 18.2. The lowest BCUT2D eigenvalue weighted by Crippen LogP contribution is -2.48. The summed E-state index contributed by atoms with van der Waals surface area (Å²) in [7, 11) is -0.333. The molecular weight excluding hydrogens is 234 g/mol. The zero-order valence-electron chi connectivity index (χ0n) is 9.28. The van der Waals surface area contributed by atoms with E-state index in [1.165, 1.54) is 11.6 Å². The van der Waals surface area contributed by atoms with E-state index in [0.29, 0.717) is 6.04 Å². The highest BCUT2D eigenvalue weighted by atomic mass is 29.6. The highest BCUT2D eigenvalue weighted by Gasteiger charge is 2.18. The molecule has 1 fully saturated rings. The van der Waals surface area contributed by atoms with Gasteiger partial charge >= 0.3 is 0 Å². The predicted octanol–water partition coefficient (Wildman–Crippen LogP) is -0.245. The van der Waals surface area contributed by atoms with Crippen LogP contribution < -0.4 is 4.98 Å². The third-order valence-electron chi connectivity index (χ3n) is 3.01. The van der Waals surface area contributed by atoms with E-state index in [9.17, 15) is 0 Å². The first-order valence-electron chi connectivity index (χ1n) is 5.75. The summed E-state index contributed by atoms with van der Waals surface area (Å²) in [6.45, 7) is 3.36. The molecule has 2 atom stereocenters. The number of rotatable bonds is 3. The Bertz CT molecular complexity index is 290. The van der Waals surface area contributed by atoms with Crippen LogP contribution in [0.25, 0.3) is 0 Å². The van der Waals surface area contributed by atoms with Gasteiger partial charge in [0.2, 0.25) is 0 Å². The molecule has 1 N–H and O–H groups in total. The fourth-order valence-electron chi connectivity index (χ4n) is 2.06. The Balaban J connectivity index is 1.88. The standard InChI is InChI=1S/C10H19NOSi3/c1-9(10-5-3-2-4-6-10)11-15-8-7-12-13-14-15/h2-6,9,11,15H,7-8,13-14H2,1H3. The van der Waals surface area contributed by atoms with Crippen molar-refractivity contribution in [3.63, 3.8) is 0 Å². The molecular formula is C10H19NOSi3. The van der Waals surface area contributed by atoms with Crippen LogP contribution in [0.5, 0.6) is 0 Å². The Kier molecular flexibility index (Phi) is 4.33. The zero-order chi connectivity index (χ0) is 10.5. The van der Waals surface area contributed by atoms with Crippen molar-refractivity contribution in [3.8, 4) is 0 Å². The van der Waals surface area contributed by atoms with Gasteiger partial charge in [0.05, 0.1) is 17.0 Å². The third kappa shape index (κ3) is 3.39. The quantitative estimate of drug-likeness (QED) is 0.751. The van der Waals surface area contributed by atoms with E-state index in [1.54, 1.807) is 0 Å². The summed E-state index contributed by atoms with van der Waals surface area (Å²) in [6.07, 6.45) is 0. The van der Waals surface area contributed by atoms with Crippen molar-refractivity contribution in [1.29, 1.82) is 0 Å². The van der Waals surface area contributed by atoms with Crippen LogP contribution in [0.3, 0.4) is 0 Å². The van der Waals surface area contributed by atoms with Gasteiger partial charge in [0.15, 0.2) is 0 Å². The average molecular weight is 254 g/mol. The van der Waals surface area contributed by atoms with Crippen molar-refractivity contribution in [3.05, 3.63) is 35.9 Å². The lowest BCUT2D eigenvalue weighted by molar-refractivity contribution is 0.365. The normalized spacial score (nSPS) is 26.9. The molecule has 2 rings (SSSR count). The molecule has 0 radical (unpaired) electrons. The number of hydrogen-bond acceptors (Lipinski definition) is 2. The highest BCUT2D eigenvalue weighted by Crippen LogP contribution is 2.12. The van der Waals surface area contributed by atoms with E-state index >= 15 is 0 Å². The molecule has 5 heteroatoms. The average Bonchev–Trinajstić information content (AvgIpc) is 2.31. The number of nitrogens with one attached hydrogen (secondary N) is 1. The molecule has 0 bridgehead atoms. The van der Waals surface area contributed by atoms with Crippen LogP contribution in [0.2, 0.25) is 6.04 Å². The molecule has 0 saturated carbocycles. The maximum atomic E-state index is 5.58. The Morgan fingerprint density at radius 2 is 2.20 bits per heavy atom. The van der Waals surface area contributed by atoms with Gasteiger partial charge in [-0.3, -0.25) is 0 Å². The first-order valence-corrected chi connectivity index (χ1v) is 15.0. The minimum Gasteiger partial charge on any atom is -0.428 e. The van der Waals surface area contributed by atoms with Crippen molar-refractivity contribution in [1.82, 2.24) is 4.98 Å². The molecule has 2 nitrogen and oxygen atoms in total. The molecule has 0 aliphatic carbocycles. The largest absolute Gasteiger partial charge is 0.428 e.